The molecule has 0 rings (SSSR count). The molecule has 0 aromatic carbocycles. The summed E-state index contributed by atoms with van der Waals surface area (Å²) in [5, 5.41) is 0. The van der Waals surface area contributed by atoms with Gasteiger partial charge in [-0.3, -0.25) is 0 Å². The molecule has 0 aromatic heterocycles. The molecule has 0 aliphatic rings. The van der Waals surface area contributed by atoms with E-state index in [1.165, 1.54) is 0 Å². The van der Waals surface area contributed by atoms with Crippen LogP contribution >= 0.6 is 0 Å². The lowest BCUT2D eigenvalue weighted by atomic mass is 10.5. The van der Waals surface area contributed by atoms with Crippen LogP contribution in [0, 0.1) is 0 Å². The van der Waals surface area contributed by atoms with Gasteiger partial charge in [0, 0.05) is 18.8 Å². The molecule has 0 saturated carbocycles. The molecule has 0 bridgehead atoms. The number of carbonyl (C=O) groups excluding carboxylic acids is 2. The lowest BCUT2D eigenvalue weighted by Crippen LogP contribution is -2.42. The van der Waals surface area contributed by atoms with E-state index in [2.05, 4.69) is 37.5 Å². The molecule has 24 heavy (non-hydrogen) atoms. The first-order valence-electron chi connectivity index (χ1n) is 8.35. The third-order valence-electron chi connectivity index (χ3n) is 2.76. The highest BCUT2D eigenvalue weighted by Crippen LogP contribution is 2.19. The Morgan fingerprint density at radius 1 is 0.875 bits per heavy atom. The van der Waals surface area contributed by atoms with Gasteiger partial charge in [0.1, 0.15) is 6.61 Å². The topological polar surface area (TPSA) is 71.1 Å². The molecular weight excluding hydrogens is 344 g/mol. The highest BCUT2D eigenvalue weighted by Gasteiger charge is 2.28. The fourth-order valence-corrected chi connectivity index (χ4v) is 10.2. The van der Waals surface area contributed by atoms with Crippen LogP contribution in [0.15, 0.2) is 12.2 Å². The average Bonchev–Trinajstić information content (AvgIpc) is 2.41. The van der Waals surface area contributed by atoms with E-state index < -0.39 is 28.6 Å². The van der Waals surface area contributed by atoms with Crippen LogP contribution in [-0.4, -0.2) is 55.0 Å². The maximum atomic E-state index is 11.3. The number of hydrogen-bond donors (Lipinski definition) is 0. The van der Waals surface area contributed by atoms with Crippen LogP contribution in [0.3, 0.4) is 0 Å². The summed E-state index contributed by atoms with van der Waals surface area (Å²) in [5.74, 6) is -1.14. The van der Waals surface area contributed by atoms with Crippen LogP contribution in [0.2, 0.25) is 38.8 Å². The van der Waals surface area contributed by atoms with Crippen molar-refractivity contribution >= 4 is 28.6 Å². The van der Waals surface area contributed by atoms with Crippen molar-refractivity contribution in [1.29, 1.82) is 0 Å². The van der Waals surface area contributed by atoms with Crippen molar-refractivity contribution in [2.75, 3.05) is 26.4 Å². The van der Waals surface area contributed by atoms with Gasteiger partial charge in [-0.15, -0.1) is 0 Å². The van der Waals surface area contributed by atoms with Crippen LogP contribution in [0.25, 0.3) is 0 Å². The lowest BCUT2D eigenvalue weighted by Gasteiger charge is -2.31. The van der Waals surface area contributed by atoms with Gasteiger partial charge in [0.15, 0.2) is 16.6 Å². The van der Waals surface area contributed by atoms with E-state index >= 15 is 0 Å². The van der Waals surface area contributed by atoms with E-state index in [-0.39, 0.29) is 13.2 Å². The molecule has 0 aromatic rings. The zero-order valence-electron chi connectivity index (χ0n) is 15.8. The molecule has 0 spiro atoms. The molecule has 140 valence electrons. The molecule has 0 aliphatic heterocycles. The Balaban J connectivity index is 3.70. The Hall–Kier alpha value is -0.966. The number of rotatable bonds is 12. The quantitative estimate of drug-likeness (QED) is 0.226. The minimum atomic E-state index is -1.61. The van der Waals surface area contributed by atoms with E-state index in [1.807, 2.05) is 0 Å². The zero-order valence-corrected chi connectivity index (χ0v) is 17.8. The zero-order chi connectivity index (χ0) is 18.6. The monoisotopic (exact) mass is 376 g/mol. The third-order valence-corrected chi connectivity index (χ3v) is 8.98. The van der Waals surface area contributed by atoms with Crippen molar-refractivity contribution in [2.45, 2.75) is 52.1 Å². The fourth-order valence-electron chi connectivity index (χ4n) is 2.16. The van der Waals surface area contributed by atoms with Crippen LogP contribution in [0.5, 0.6) is 0 Å². The highest BCUT2D eigenvalue weighted by atomic mass is 28.4. The summed E-state index contributed by atoms with van der Waals surface area (Å²) in [7, 11) is -3.09. The van der Waals surface area contributed by atoms with Crippen LogP contribution in [0.4, 0.5) is 0 Å². The van der Waals surface area contributed by atoms with Gasteiger partial charge in [-0.2, -0.15) is 0 Å². The Morgan fingerprint density at radius 2 is 1.46 bits per heavy atom. The number of hydrogen-bond acceptors (Lipinski definition) is 6. The van der Waals surface area contributed by atoms with Crippen molar-refractivity contribution in [3.63, 3.8) is 0 Å². The predicted octanol–water partition coefficient (Wildman–Crippen LogP) is 3.11. The minimum Gasteiger partial charge on any atom is -0.463 e. The van der Waals surface area contributed by atoms with Gasteiger partial charge in [-0.1, -0.05) is 0 Å². The molecule has 0 saturated heterocycles. The van der Waals surface area contributed by atoms with E-state index in [4.69, 9.17) is 13.6 Å². The van der Waals surface area contributed by atoms with E-state index in [0.717, 1.165) is 24.6 Å². The van der Waals surface area contributed by atoms with Crippen molar-refractivity contribution in [1.82, 2.24) is 0 Å². The third kappa shape index (κ3) is 14.6. The van der Waals surface area contributed by atoms with Crippen molar-refractivity contribution in [2.24, 2.45) is 0 Å². The van der Waals surface area contributed by atoms with Crippen molar-refractivity contribution in [3.8, 4) is 0 Å². The summed E-state index contributed by atoms with van der Waals surface area (Å²) in [6.07, 6.45) is 3.05. The summed E-state index contributed by atoms with van der Waals surface area (Å²) in [4.78, 5) is 22.3. The Labute approximate surface area is 147 Å². The first kappa shape index (κ1) is 23.0. The standard InChI is InChI=1S/C16H32O6Si2/c1-7-20-15(17)9-10-16(18)21-13-12-19-11-8-14-24(5,6)22-23(2,3)4/h9-10H,7-8,11-14H2,1-6H3. The molecule has 0 radical (unpaired) electrons. The Kier molecular flexibility index (Phi) is 11.1. The molecule has 8 heteroatoms. The van der Waals surface area contributed by atoms with Crippen molar-refractivity contribution < 1.29 is 27.9 Å². The molecule has 0 atom stereocenters. The largest absolute Gasteiger partial charge is 0.463 e. The minimum absolute atomic E-state index is 0.165. The van der Waals surface area contributed by atoms with Crippen LogP contribution < -0.4 is 0 Å². The summed E-state index contributed by atoms with van der Waals surface area (Å²) < 4.78 is 21.3. The second kappa shape index (κ2) is 11.6. The summed E-state index contributed by atoms with van der Waals surface area (Å²) in [5.41, 5.74) is 0. The van der Waals surface area contributed by atoms with E-state index in [0.29, 0.717) is 13.2 Å². The Bertz CT molecular complexity index is 415. The van der Waals surface area contributed by atoms with E-state index in [9.17, 15) is 9.59 Å². The smallest absolute Gasteiger partial charge is 0.331 e. The maximum Gasteiger partial charge on any atom is 0.331 e. The van der Waals surface area contributed by atoms with Gasteiger partial charge in [0.05, 0.1) is 13.2 Å². The predicted molar refractivity (Wildman–Crippen MR) is 98.9 cm³/mol. The van der Waals surface area contributed by atoms with Gasteiger partial charge in [0.25, 0.3) is 0 Å². The Morgan fingerprint density at radius 3 is 2.00 bits per heavy atom. The molecule has 0 aliphatic carbocycles. The van der Waals surface area contributed by atoms with Crippen molar-refractivity contribution in [3.05, 3.63) is 12.2 Å². The van der Waals surface area contributed by atoms with Gasteiger partial charge in [-0.25, -0.2) is 9.59 Å². The van der Waals surface area contributed by atoms with Gasteiger partial charge in [0.2, 0.25) is 0 Å². The molecule has 0 heterocycles. The fraction of sp³-hybridized carbons (Fsp3) is 0.750. The summed E-state index contributed by atoms with van der Waals surface area (Å²) >= 11 is 0. The lowest BCUT2D eigenvalue weighted by molar-refractivity contribution is -0.141. The summed E-state index contributed by atoms with van der Waals surface area (Å²) in [6.45, 7) is 14.2. The first-order valence-corrected chi connectivity index (χ1v) is 14.9. The molecule has 0 unspecified atom stereocenters. The van der Waals surface area contributed by atoms with Crippen LogP contribution in [-0.2, 0) is 27.9 Å². The number of ether oxygens (including phenoxy) is 3. The SMILES string of the molecule is CCOC(=O)C=CC(=O)OCCOCCC[Si](C)(C)O[Si](C)(C)C. The first-order chi connectivity index (χ1) is 11.1. The molecule has 0 amide bonds. The van der Waals surface area contributed by atoms with Gasteiger partial charge < -0.3 is 18.3 Å². The molecule has 6 nitrogen and oxygen atoms in total. The molecule has 0 fully saturated rings. The van der Waals surface area contributed by atoms with Gasteiger partial charge in [-0.05, 0) is 52.1 Å². The molecular formula is C16H32O6Si2. The van der Waals surface area contributed by atoms with Gasteiger partial charge >= 0.3 is 11.9 Å². The second-order valence-corrected chi connectivity index (χ2v) is 16.0. The van der Waals surface area contributed by atoms with Crippen LogP contribution in [0.1, 0.15) is 13.3 Å². The number of esters is 2. The summed E-state index contributed by atoms with van der Waals surface area (Å²) in [6, 6.07) is 1.05. The maximum absolute atomic E-state index is 11.3. The normalized spacial score (nSPS) is 12.4. The number of carbonyl (C=O) groups is 2. The highest BCUT2D eigenvalue weighted by molar-refractivity contribution is 6.84. The second-order valence-electron chi connectivity index (χ2n) is 6.94. The molecule has 0 N–H and O–H groups in total. The van der Waals surface area contributed by atoms with E-state index in [1.54, 1.807) is 6.92 Å². The average molecular weight is 377 g/mol.